The van der Waals surface area contributed by atoms with Crippen molar-refractivity contribution >= 4 is 37.7 Å². The van der Waals surface area contributed by atoms with Crippen molar-refractivity contribution in [1.29, 1.82) is 0 Å². The molecule has 0 atom stereocenters. The van der Waals surface area contributed by atoms with Crippen molar-refractivity contribution in [2.45, 2.75) is 26.2 Å². The van der Waals surface area contributed by atoms with Crippen LogP contribution in [0, 0.1) is 0 Å². The second kappa shape index (κ2) is 3.86. The number of halogens is 1. The van der Waals surface area contributed by atoms with Crippen LogP contribution in [0.25, 0.3) is 21.7 Å². The van der Waals surface area contributed by atoms with Crippen LogP contribution < -0.4 is 0 Å². The summed E-state index contributed by atoms with van der Waals surface area (Å²) in [6, 6.07) is 12.9. The Morgan fingerprint density at radius 1 is 0.944 bits per heavy atom. The minimum Gasteiger partial charge on any atom is -0.449 e. The van der Waals surface area contributed by atoms with Gasteiger partial charge in [-0.2, -0.15) is 0 Å². The first-order chi connectivity index (χ1) is 8.45. The zero-order chi connectivity index (χ0) is 12.9. The van der Waals surface area contributed by atoms with E-state index in [1.165, 1.54) is 21.7 Å². The molecule has 3 rings (SSSR count). The lowest BCUT2D eigenvalue weighted by Crippen LogP contribution is -2.10. The second-order valence-electron chi connectivity index (χ2n) is 5.71. The molecule has 0 aliphatic carbocycles. The van der Waals surface area contributed by atoms with E-state index in [2.05, 4.69) is 61.0 Å². The molecule has 2 heteroatoms. The van der Waals surface area contributed by atoms with Gasteiger partial charge in [-0.3, -0.25) is 0 Å². The molecule has 1 aromatic heterocycles. The Morgan fingerprint density at radius 2 is 1.67 bits per heavy atom. The molecule has 0 fully saturated rings. The van der Waals surface area contributed by atoms with Gasteiger partial charge in [0.1, 0.15) is 5.58 Å². The highest BCUT2D eigenvalue weighted by atomic mass is 79.9. The van der Waals surface area contributed by atoms with Gasteiger partial charge in [-0.15, -0.1) is 0 Å². The van der Waals surface area contributed by atoms with E-state index < -0.39 is 0 Å². The van der Waals surface area contributed by atoms with Gasteiger partial charge in [0.05, 0.1) is 0 Å². The first kappa shape index (κ1) is 11.8. The summed E-state index contributed by atoms with van der Waals surface area (Å²) in [6.45, 7) is 6.71. The van der Waals surface area contributed by atoms with E-state index in [0.29, 0.717) is 0 Å². The standard InChI is InChI=1S/C16H15BrO/c1-16(2,3)11-6-4-10-5-7-14-13(12(10)8-11)9-15(17)18-14/h4-9H,1-3H3. The smallest absolute Gasteiger partial charge is 0.170 e. The average Bonchev–Trinajstić information content (AvgIpc) is 2.68. The maximum atomic E-state index is 5.62. The largest absolute Gasteiger partial charge is 0.449 e. The van der Waals surface area contributed by atoms with Crippen molar-refractivity contribution in [3.63, 3.8) is 0 Å². The highest BCUT2D eigenvalue weighted by molar-refractivity contribution is 9.10. The van der Waals surface area contributed by atoms with Crippen LogP contribution in [-0.4, -0.2) is 0 Å². The van der Waals surface area contributed by atoms with Crippen molar-refractivity contribution in [3.05, 3.63) is 46.6 Å². The van der Waals surface area contributed by atoms with E-state index in [9.17, 15) is 0 Å². The summed E-state index contributed by atoms with van der Waals surface area (Å²) in [5.41, 5.74) is 2.44. The van der Waals surface area contributed by atoms with Crippen molar-refractivity contribution in [1.82, 2.24) is 0 Å². The topological polar surface area (TPSA) is 13.1 Å². The highest BCUT2D eigenvalue weighted by Gasteiger charge is 2.15. The maximum Gasteiger partial charge on any atom is 0.170 e. The van der Waals surface area contributed by atoms with E-state index >= 15 is 0 Å². The molecule has 1 nitrogen and oxygen atoms in total. The Kier molecular flexibility index (Phi) is 2.53. The predicted octanol–water partition coefficient (Wildman–Crippen LogP) is 5.65. The zero-order valence-electron chi connectivity index (χ0n) is 10.8. The van der Waals surface area contributed by atoms with Crippen molar-refractivity contribution in [2.24, 2.45) is 0 Å². The third kappa shape index (κ3) is 1.85. The molecule has 92 valence electrons. The van der Waals surface area contributed by atoms with Crippen LogP contribution in [0.4, 0.5) is 0 Å². The van der Waals surface area contributed by atoms with E-state index in [4.69, 9.17) is 4.42 Å². The summed E-state index contributed by atoms with van der Waals surface area (Å²) >= 11 is 3.40. The Morgan fingerprint density at radius 3 is 2.39 bits per heavy atom. The van der Waals surface area contributed by atoms with Gasteiger partial charge in [0, 0.05) is 5.39 Å². The number of fused-ring (bicyclic) bond motifs is 3. The number of rotatable bonds is 0. The summed E-state index contributed by atoms with van der Waals surface area (Å²) in [5, 5.41) is 3.68. The molecule has 1 heterocycles. The fraction of sp³-hybridized carbons (Fsp3) is 0.250. The Balaban J connectivity index is 2.40. The third-order valence-electron chi connectivity index (χ3n) is 3.35. The molecule has 0 aliphatic heterocycles. The molecule has 0 spiro atoms. The molecular weight excluding hydrogens is 288 g/mol. The number of furan rings is 1. The summed E-state index contributed by atoms with van der Waals surface area (Å²) in [5.74, 6) is 0. The SMILES string of the molecule is CC(C)(C)c1ccc2ccc3oc(Br)cc3c2c1. The minimum absolute atomic E-state index is 0.164. The van der Waals surface area contributed by atoms with Crippen LogP contribution in [0.5, 0.6) is 0 Å². The van der Waals surface area contributed by atoms with Crippen molar-refractivity contribution in [2.75, 3.05) is 0 Å². The summed E-state index contributed by atoms with van der Waals surface area (Å²) < 4.78 is 6.40. The molecule has 0 saturated heterocycles. The van der Waals surface area contributed by atoms with Crippen molar-refractivity contribution < 1.29 is 4.42 Å². The molecule has 0 N–H and O–H groups in total. The molecular formula is C16H15BrO. The van der Waals surface area contributed by atoms with Crippen LogP contribution in [0.2, 0.25) is 0 Å². The molecule has 18 heavy (non-hydrogen) atoms. The normalized spacial score (nSPS) is 12.4. The van der Waals surface area contributed by atoms with E-state index in [-0.39, 0.29) is 5.41 Å². The lowest BCUT2D eigenvalue weighted by atomic mass is 9.85. The lowest BCUT2D eigenvalue weighted by molar-refractivity contribution is 0.587. The van der Waals surface area contributed by atoms with Gasteiger partial charge in [0.2, 0.25) is 0 Å². The molecule has 2 aromatic carbocycles. The average molecular weight is 303 g/mol. The summed E-state index contributed by atoms with van der Waals surface area (Å²) in [6.07, 6.45) is 0. The van der Waals surface area contributed by atoms with Gasteiger partial charge in [0.15, 0.2) is 4.67 Å². The fourth-order valence-electron chi connectivity index (χ4n) is 2.28. The first-order valence-corrected chi connectivity index (χ1v) is 6.87. The molecule has 3 aromatic rings. The van der Waals surface area contributed by atoms with Crippen LogP contribution in [0.3, 0.4) is 0 Å². The third-order valence-corrected chi connectivity index (χ3v) is 3.75. The van der Waals surface area contributed by atoms with E-state index in [0.717, 1.165) is 10.3 Å². The van der Waals surface area contributed by atoms with Crippen LogP contribution in [0.15, 0.2) is 45.5 Å². The van der Waals surface area contributed by atoms with Gasteiger partial charge >= 0.3 is 0 Å². The molecule has 0 aliphatic rings. The molecule has 0 unspecified atom stereocenters. The van der Waals surface area contributed by atoms with Crippen LogP contribution in [-0.2, 0) is 5.41 Å². The monoisotopic (exact) mass is 302 g/mol. The summed E-state index contributed by atoms with van der Waals surface area (Å²) in [4.78, 5) is 0. The Bertz CT molecular complexity index is 732. The quantitative estimate of drug-likeness (QED) is 0.523. The maximum absolute atomic E-state index is 5.62. The molecule has 0 saturated carbocycles. The number of hydrogen-bond acceptors (Lipinski definition) is 1. The van der Waals surface area contributed by atoms with Gasteiger partial charge < -0.3 is 4.42 Å². The second-order valence-corrected chi connectivity index (χ2v) is 6.50. The Labute approximate surface area is 115 Å². The highest BCUT2D eigenvalue weighted by Crippen LogP contribution is 2.33. The number of hydrogen-bond donors (Lipinski definition) is 0. The van der Waals surface area contributed by atoms with E-state index in [1.54, 1.807) is 0 Å². The number of benzene rings is 2. The van der Waals surface area contributed by atoms with Crippen molar-refractivity contribution in [3.8, 4) is 0 Å². The molecule has 0 radical (unpaired) electrons. The molecule has 0 bridgehead atoms. The zero-order valence-corrected chi connectivity index (χ0v) is 12.3. The van der Waals surface area contributed by atoms with Gasteiger partial charge in [0.25, 0.3) is 0 Å². The van der Waals surface area contributed by atoms with E-state index in [1.807, 2.05) is 12.1 Å². The minimum atomic E-state index is 0.164. The molecule has 0 amide bonds. The van der Waals surface area contributed by atoms with Gasteiger partial charge in [-0.1, -0.05) is 39.0 Å². The van der Waals surface area contributed by atoms with Crippen LogP contribution in [0.1, 0.15) is 26.3 Å². The predicted molar refractivity (Wildman–Crippen MR) is 80.1 cm³/mol. The van der Waals surface area contributed by atoms with Gasteiger partial charge in [-0.05, 0) is 55.9 Å². The fourth-order valence-corrected chi connectivity index (χ4v) is 2.68. The van der Waals surface area contributed by atoms with Gasteiger partial charge in [-0.25, -0.2) is 0 Å². The first-order valence-electron chi connectivity index (χ1n) is 6.07. The summed E-state index contributed by atoms with van der Waals surface area (Å²) in [7, 11) is 0. The lowest BCUT2D eigenvalue weighted by Gasteiger charge is -2.19. The Hall–Kier alpha value is -1.28. The van der Waals surface area contributed by atoms with Crippen LogP contribution >= 0.6 is 15.9 Å².